The SMILES string of the molecule is CCNC(=O)c1ccc(C(F)(F)F)cn1. The quantitative estimate of drug-likeness (QED) is 0.823. The number of hydrogen-bond acceptors (Lipinski definition) is 2. The largest absolute Gasteiger partial charge is 0.417 e. The summed E-state index contributed by atoms with van der Waals surface area (Å²) in [5.41, 5.74) is -0.889. The van der Waals surface area contributed by atoms with Gasteiger partial charge in [0.15, 0.2) is 0 Å². The topological polar surface area (TPSA) is 42.0 Å². The lowest BCUT2D eigenvalue weighted by Crippen LogP contribution is -2.23. The Labute approximate surface area is 84.3 Å². The minimum atomic E-state index is -4.42. The summed E-state index contributed by atoms with van der Waals surface area (Å²) in [6, 6.07) is 1.88. The maximum atomic E-state index is 12.1. The molecule has 0 atom stereocenters. The van der Waals surface area contributed by atoms with Crippen molar-refractivity contribution in [1.82, 2.24) is 10.3 Å². The maximum Gasteiger partial charge on any atom is 0.417 e. The molecule has 0 spiro atoms. The number of halogens is 3. The third-order valence-corrected chi connectivity index (χ3v) is 1.66. The summed E-state index contributed by atoms with van der Waals surface area (Å²) in [4.78, 5) is 14.6. The van der Waals surface area contributed by atoms with Crippen LogP contribution >= 0.6 is 0 Å². The second-order valence-electron chi connectivity index (χ2n) is 2.79. The summed E-state index contributed by atoms with van der Waals surface area (Å²) < 4.78 is 36.4. The minimum Gasteiger partial charge on any atom is -0.351 e. The Bertz CT molecular complexity index is 345. The van der Waals surface area contributed by atoms with Crippen molar-refractivity contribution >= 4 is 5.91 Å². The van der Waals surface area contributed by atoms with E-state index in [0.717, 1.165) is 12.1 Å². The number of nitrogens with one attached hydrogen (secondary N) is 1. The molecule has 0 aliphatic rings. The van der Waals surface area contributed by atoms with Gasteiger partial charge in [0.25, 0.3) is 5.91 Å². The fourth-order valence-electron chi connectivity index (χ4n) is 0.947. The number of alkyl halides is 3. The van der Waals surface area contributed by atoms with Crippen LogP contribution < -0.4 is 5.32 Å². The molecular weight excluding hydrogens is 209 g/mol. The zero-order valence-corrected chi connectivity index (χ0v) is 7.93. The van der Waals surface area contributed by atoms with Crippen molar-refractivity contribution in [2.45, 2.75) is 13.1 Å². The van der Waals surface area contributed by atoms with Crippen molar-refractivity contribution in [3.05, 3.63) is 29.6 Å². The molecule has 0 radical (unpaired) electrons. The van der Waals surface area contributed by atoms with Gasteiger partial charge in [-0.1, -0.05) is 0 Å². The van der Waals surface area contributed by atoms with Crippen molar-refractivity contribution in [3.8, 4) is 0 Å². The highest BCUT2D eigenvalue weighted by molar-refractivity contribution is 5.92. The van der Waals surface area contributed by atoms with Gasteiger partial charge in [-0.2, -0.15) is 13.2 Å². The van der Waals surface area contributed by atoms with Crippen LogP contribution in [0.2, 0.25) is 0 Å². The molecule has 0 aliphatic heterocycles. The molecule has 1 N–H and O–H groups in total. The number of rotatable bonds is 2. The van der Waals surface area contributed by atoms with Gasteiger partial charge in [-0.05, 0) is 19.1 Å². The lowest BCUT2D eigenvalue weighted by Gasteiger charge is -2.06. The van der Waals surface area contributed by atoms with E-state index in [1.165, 1.54) is 0 Å². The van der Waals surface area contributed by atoms with E-state index in [1.54, 1.807) is 6.92 Å². The Morgan fingerprint density at radius 1 is 1.47 bits per heavy atom. The van der Waals surface area contributed by atoms with Crippen molar-refractivity contribution in [2.75, 3.05) is 6.54 Å². The fraction of sp³-hybridized carbons (Fsp3) is 0.333. The Morgan fingerprint density at radius 2 is 2.13 bits per heavy atom. The van der Waals surface area contributed by atoms with Crippen LogP contribution in [0.1, 0.15) is 23.0 Å². The molecule has 1 aromatic rings. The van der Waals surface area contributed by atoms with Crippen LogP contribution in [0.5, 0.6) is 0 Å². The van der Waals surface area contributed by atoms with E-state index in [0.29, 0.717) is 12.7 Å². The Balaban J connectivity index is 2.86. The summed E-state index contributed by atoms with van der Waals surface area (Å²) in [6.07, 6.45) is -3.78. The summed E-state index contributed by atoms with van der Waals surface area (Å²) in [7, 11) is 0. The third kappa shape index (κ3) is 2.93. The molecule has 0 aliphatic carbocycles. The first-order valence-electron chi connectivity index (χ1n) is 4.26. The van der Waals surface area contributed by atoms with Gasteiger partial charge in [-0.3, -0.25) is 9.78 Å². The predicted octanol–water partition coefficient (Wildman–Crippen LogP) is 1.85. The molecule has 1 heterocycles. The van der Waals surface area contributed by atoms with Crippen LogP contribution in [0.15, 0.2) is 18.3 Å². The molecule has 0 saturated heterocycles. The summed E-state index contributed by atoms with van der Waals surface area (Å²) in [5.74, 6) is -0.480. The van der Waals surface area contributed by atoms with E-state index in [4.69, 9.17) is 0 Å². The van der Waals surface area contributed by atoms with Gasteiger partial charge in [0.05, 0.1) is 5.56 Å². The van der Waals surface area contributed by atoms with Crippen LogP contribution in [0.3, 0.4) is 0 Å². The van der Waals surface area contributed by atoms with E-state index in [-0.39, 0.29) is 5.69 Å². The smallest absolute Gasteiger partial charge is 0.351 e. The zero-order chi connectivity index (χ0) is 11.5. The summed E-state index contributed by atoms with van der Waals surface area (Å²) in [5, 5.41) is 2.44. The van der Waals surface area contributed by atoms with Crippen LogP contribution in [0.25, 0.3) is 0 Å². The predicted molar refractivity (Wildman–Crippen MR) is 47.2 cm³/mol. The average molecular weight is 218 g/mol. The van der Waals surface area contributed by atoms with Crippen LogP contribution in [0.4, 0.5) is 13.2 Å². The van der Waals surface area contributed by atoms with E-state index in [1.807, 2.05) is 0 Å². The van der Waals surface area contributed by atoms with Crippen molar-refractivity contribution < 1.29 is 18.0 Å². The third-order valence-electron chi connectivity index (χ3n) is 1.66. The van der Waals surface area contributed by atoms with E-state index < -0.39 is 17.6 Å². The lowest BCUT2D eigenvalue weighted by atomic mass is 10.2. The molecular formula is C9H9F3N2O. The molecule has 0 unspecified atom stereocenters. The highest BCUT2D eigenvalue weighted by Gasteiger charge is 2.30. The van der Waals surface area contributed by atoms with Crippen LogP contribution in [-0.4, -0.2) is 17.4 Å². The number of nitrogens with zero attached hydrogens (tertiary/aromatic N) is 1. The molecule has 1 aromatic heterocycles. The van der Waals surface area contributed by atoms with Gasteiger partial charge in [0.2, 0.25) is 0 Å². The highest BCUT2D eigenvalue weighted by atomic mass is 19.4. The second-order valence-corrected chi connectivity index (χ2v) is 2.79. The summed E-state index contributed by atoms with van der Waals surface area (Å²) in [6.45, 7) is 2.11. The molecule has 3 nitrogen and oxygen atoms in total. The molecule has 6 heteroatoms. The average Bonchev–Trinajstić information content (AvgIpc) is 2.17. The van der Waals surface area contributed by atoms with E-state index in [9.17, 15) is 18.0 Å². The molecule has 0 saturated carbocycles. The standard InChI is InChI=1S/C9H9F3N2O/c1-2-13-8(15)7-4-3-6(5-14-7)9(10,11)12/h3-5H,2H2,1H3,(H,13,15). The number of aromatic nitrogens is 1. The number of hydrogen-bond donors (Lipinski definition) is 1. The zero-order valence-electron chi connectivity index (χ0n) is 7.93. The minimum absolute atomic E-state index is 0.0233. The Morgan fingerprint density at radius 3 is 2.53 bits per heavy atom. The van der Waals surface area contributed by atoms with Crippen LogP contribution in [-0.2, 0) is 6.18 Å². The van der Waals surface area contributed by atoms with E-state index in [2.05, 4.69) is 10.3 Å². The van der Waals surface area contributed by atoms with Gasteiger partial charge in [0.1, 0.15) is 5.69 Å². The fourth-order valence-corrected chi connectivity index (χ4v) is 0.947. The molecule has 15 heavy (non-hydrogen) atoms. The first-order valence-corrected chi connectivity index (χ1v) is 4.26. The van der Waals surface area contributed by atoms with Gasteiger partial charge < -0.3 is 5.32 Å². The van der Waals surface area contributed by atoms with Gasteiger partial charge >= 0.3 is 6.18 Å². The second kappa shape index (κ2) is 4.29. The van der Waals surface area contributed by atoms with Gasteiger partial charge in [-0.15, -0.1) is 0 Å². The Kier molecular flexibility index (Phi) is 3.28. The number of carbonyl (C=O) groups excluding carboxylic acids is 1. The molecule has 0 bridgehead atoms. The van der Waals surface area contributed by atoms with Crippen molar-refractivity contribution in [1.29, 1.82) is 0 Å². The molecule has 82 valence electrons. The Hall–Kier alpha value is -1.59. The number of carbonyl (C=O) groups is 1. The molecule has 0 aromatic carbocycles. The molecule has 1 amide bonds. The first-order chi connectivity index (χ1) is 6.95. The monoisotopic (exact) mass is 218 g/mol. The van der Waals surface area contributed by atoms with E-state index >= 15 is 0 Å². The first kappa shape index (κ1) is 11.5. The molecule has 0 fully saturated rings. The normalized spacial score (nSPS) is 11.2. The summed E-state index contributed by atoms with van der Waals surface area (Å²) >= 11 is 0. The maximum absolute atomic E-state index is 12.1. The molecule has 1 rings (SSSR count). The van der Waals surface area contributed by atoms with Gasteiger partial charge in [0, 0.05) is 12.7 Å². The van der Waals surface area contributed by atoms with Crippen molar-refractivity contribution in [2.24, 2.45) is 0 Å². The number of pyridine rings is 1. The number of amides is 1. The lowest BCUT2D eigenvalue weighted by molar-refractivity contribution is -0.137. The van der Waals surface area contributed by atoms with Gasteiger partial charge in [-0.25, -0.2) is 0 Å². The van der Waals surface area contributed by atoms with Crippen LogP contribution in [0, 0.1) is 0 Å². The highest BCUT2D eigenvalue weighted by Crippen LogP contribution is 2.28. The van der Waals surface area contributed by atoms with Crippen molar-refractivity contribution in [3.63, 3.8) is 0 Å².